The number of aromatic nitrogens is 4. The van der Waals surface area contributed by atoms with E-state index in [4.69, 9.17) is 20.6 Å². The third-order valence-corrected chi connectivity index (χ3v) is 6.53. The lowest BCUT2D eigenvalue weighted by Crippen LogP contribution is -2.36. The molecular formula is C10H14N8O13P2S. The highest BCUT2D eigenvalue weighted by molar-refractivity contribution is 7.85. The second-order valence-corrected chi connectivity index (χ2v) is 10.1. The maximum Gasteiger partial charge on any atom is 0.488 e. The topological polar surface area (TPSA) is 325 Å². The van der Waals surface area contributed by atoms with Gasteiger partial charge in [0.2, 0.25) is 5.95 Å². The van der Waals surface area contributed by atoms with E-state index in [2.05, 4.69) is 38.0 Å². The molecule has 3 heterocycles. The van der Waals surface area contributed by atoms with Gasteiger partial charge in [0, 0.05) is 4.91 Å². The zero-order chi connectivity index (χ0) is 25.5. The summed E-state index contributed by atoms with van der Waals surface area (Å²) in [6, 6.07) is 0. The minimum atomic E-state index is -5.48. The van der Waals surface area contributed by atoms with Crippen LogP contribution in [0.3, 0.4) is 0 Å². The van der Waals surface area contributed by atoms with Gasteiger partial charge in [-0.2, -0.15) is 8.42 Å². The maximum atomic E-state index is 11.7. The van der Waals surface area contributed by atoms with Crippen LogP contribution < -0.4 is 5.73 Å². The molecule has 7 N–H and O–H groups in total. The van der Waals surface area contributed by atoms with Crippen LogP contribution >= 0.6 is 15.6 Å². The molecule has 0 saturated carbocycles. The molecule has 34 heavy (non-hydrogen) atoms. The van der Waals surface area contributed by atoms with Crippen molar-refractivity contribution in [2.45, 2.75) is 24.5 Å². The zero-order valence-corrected chi connectivity index (χ0v) is 18.7. The van der Waals surface area contributed by atoms with E-state index in [-0.39, 0.29) is 17.0 Å². The van der Waals surface area contributed by atoms with Crippen molar-refractivity contribution in [2.24, 2.45) is 5.11 Å². The molecule has 188 valence electrons. The average Bonchev–Trinajstić information content (AvgIpc) is 3.16. The predicted octanol–water partition coefficient (Wildman–Crippen LogP) is -0.977. The summed E-state index contributed by atoms with van der Waals surface area (Å²) in [7, 11) is -16.2. The number of aliphatic hydroxyl groups is 1. The van der Waals surface area contributed by atoms with Crippen molar-refractivity contribution in [1.29, 1.82) is 0 Å². The van der Waals surface area contributed by atoms with Crippen molar-refractivity contribution in [1.82, 2.24) is 19.5 Å². The van der Waals surface area contributed by atoms with Crippen LogP contribution in [0.5, 0.6) is 0 Å². The highest BCUT2D eigenvalue weighted by atomic mass is 32.3. The number of nitrogens with two attached hydrogens (primary N) is 1. The Morgan fingerprint density at radius 1 is 1.32 bits per heavy atom. The van der Waals surface area contributed by atoms with Gasteiger partial charge in [0.25, 0.3) is 0 Å². The molecule has 1 unspecified atom stereocenters. The minimum absolute atomic E-state index is 0.103. The Bertz CT molecular complexity index is 1340. The molecule has 0 bridgehead atoms. The van der Waals surface area contributed by atoms with Gasteiger partial charge in [0.1, 0.15) is 24.6 Å². The summed E-state index contributed by atoms with van der Waals surface area (Å²) in [5.41, 5.74) is 14.3. The maximum absolute atomic E-state index is 11.7. The summed E-state index contributed by atoms with van der Waals surface area (Å²) in [5, 5.41) is 14.0. The Labute approximate surface area is 187 Å². The number of hydrogen-bond acceptors (Lipinski definition) is 14. The van der Waals surface area contributed by atoms with E-state index in [0.717, 1.165) is 10.9 Å². The van der Waals surface area contributed by atoms with E-state index < -0.39 is 63.1 Å². The number of aliphatic hydroxyl groups excluding tert-OH is 1. The molecule has 1 saturated heterocycles. The molecule has 24 heteroatoms. The van der Waals surface area contributed by atoms with Crippen molar-refractivity contribution in [2.75, 3.05) is 12.3 Å². The first-order chi connectivity index (χ1) is 15.6. The van der Waals surface area contributed by atoms with E-state index in [1.54, 1.807) is 0 Å². The van der Waals surface area contributed by atoms with Gasteiger partial charge in [-0.05, 0) is 10.6 Å². The Kier molecular flexibility index (Phi) is 7.27. The van der Waals surface area contributed by atoms with Crippen LogP contribution in [-0.4, -0.2) is 77.2 Å². The lowest BCUT2D eigenvalue weighted by atomic mass is 10.1. The van der Waals surface area contributed by atoms with Crippen LogP contribution in [0.25, 0.3) is 21.6 Å². The summed E-state index contributed by atoms with van der Waals surface area (Å²) in [6.45, 7) is -1.16. The number of phosphoric ester groups is 2. The van der Waals surface area contributed by atoms with Crippen LogP contribution in [0.15, 0.2) is 11.4 Å². The number of anilines is 1. The molecule has 21 nitrogen and oxygen atoms in total. The summed E-state index contributed by atoms with van der Waals surface area (Å²) in [5.74, 6) is -0.648. The zero-order valence-electron chi connectivity index (χ0n) is 16.1. The van der Waals surface area contributed by atoms with Gasteiger partial charge < -0.3 is 30.3 Å². The number of ether oxygens (including phenoxy) is 1. The number of imidazole rings is 1. The molecule has 0 aromatic carbocycles. The van der Waals surface area contributed by atoms with Crippen LogP contribution in [0.2, 0.25) is 0 Å². The number of fused-ring (bicyclic) bond motifs is 1. The summed E-state index contributed by atoms with van der Waals surface area (Å²) < 4.78 is 71.5. The molecule has 1 fully saturated rings. The number of nitrogens with zero attached hydrogens (tertiary/aromatic N) is 7. The van der Waals surface area contributed by atoms with E-state index in [1.807, 2.05) is 0 Å². The van der Waals surface area contributed by atoms with Crippen LogP contribution in [0, 0.1) is 0 Å². The lowest BCUT2D eigenvalue weighted by molar-refractivity contribution is -0.0491. The highest BCUT2D eigenvalue weighted by Crippen LogP contribution is 2.48. The van der Waals surface area contributed by atoms with Crippen LogP contribution in [0.4, 0.5) is 11.8 Å². The van der Waals surface area contributed by atoms with E-state index in [0.29, 0.717) is 0 Å². The van der Waals surface area contributed by atoms with Gasteiger partial charge in [-0.3, -0.25) is 18.2 Å². The number of nitrogen functional groups attached to an aromatic ring is 1. The first kappa shape index (κ1) is 26.3. The molecule has 0 aliphatic carbocycles. The Hall–Kier alpha value is -2.29. The number of hydrogen-bond donors (Lipinski definition) is 6. The Balaban J connectivity index is 2.00. The van der Waals surface area contributed by atoms with Crippen molar-refractivity contribution in [3.05, 3.63) is 16.8 Å². The van der Waals surface area contributed by atoms with Gasteiger partial charge in [0.15, 0.2) is 23.2 Å². The van der Waals surface area contributed by atoms with Gasteiger partial charge in [0.05, 0.1) is 6.61 Å². The van der Waals surface area contributed by atoms with Crippen molar-refractivity contribution < 1.29 is 59.6 Å². The first-order valence-corrected chi connectivity index (χ1v) is 12.8. The minimum Gasteiger partial charge on any atom is -0.386 e. The molecule has 3 rings (SSSR count). The summed E-state index contributed by atoms with van der Waals surface area (Å²) >= 11 is 0. The average molecular weight is 548 g/mol. The molecule has 1 aliphatic rings. The second kappa shape index (κ2) is 9.40. The number of phosphoric acid groups is 2. The van der Waals surface area contributed by atoms with E-state index in [9.17, 15) is 37.3 Å². The van der Waals surface area contributed by atoms with Crippen molar-refractivity contribution in [3.8, 4) is 0 Å². The van der Waals surface area contributed by atoms with Crippen LogP contribution in [0.1, 0.15) is 6.23 Å². The smallest absolute Gasteiger partial charge is 0.386 e. The monoisotopic (exact) mass is 548 g/mol. The normalized spacial score (nSPS) is 25.2. The largest absolute Gasteiger partial charge is 0.488 e. The molecule has 0 spiro atoms. The van der Waals surface area contributed by atoms with Crippen LogP contribution in [-0.2, 0) is 37.3 Å². The fourth-order valence-corrected chi connectivity index (χ4v) is 4.96. The SMILES string of the molecule is [N-]=[N+]=Nc1nc2c(N)ncnc2n1[C@@H]1O[C@H](COP(=O)(O)OS(=O)(=O)O)[C@@H](OP(=O)(O)O)[C@H]1O. The fraction of sp³-hybridized carbons (Fsp3) is 0.500. The van der Waals surface area contributed by atoms with Gasteiger partial charge in [-0.25, -0.2) is 24.1 Å². The van der Waals surface area contributed by atoms with Crippen molar-refractivity contribution >= 4 is 49.0 Å². The highest BCUT2D eigenvalue weighted by Gasteiger charge is 2.50. The molecule has 2 aromatic heterocycles. The third kappa shape index (κ3) is 6.03. The Morgan fingerprint density at radius 3 is 2.59 bits per heavy atom. The Morgan fingerprint density at radius 2 is 2.00 bits per heavy atom. The van der Waals surface area contributed by atoms with Gasteiger partial charge >= 0.3 is 26.0 Å². The molecule has 5 atom stereocenters. The fourth-order valence-electron chi connectivity index (χ4n) is 2.92. The molecule has 0 radical (unpaired) electrons. The van der Waals surface area contributed by atoms with E-state index >= 15 is 0 Å². The standard InChI is InChI=1S/C10H14N8O13P2S/c11-7-4-8(14-2-13-7)18(10(15-4)16-17-12)9-5(19)6(30-32(20,21)22)3(29-9)1-28-33(23,24)31-34(25,26)27/h2-3,5-6,9,19H,1H2,(H,23,24)(H2,11,13,14)(H2,20,21,22)(H,25,26,27)/t3-,5-,6-,9-/m1/s1. The summed E-state index contributed by atoms with van der Waals surface area (Å²) in [4.78, 5) is 41.8. The quantitative estimate of drug-likeness (QED) is 0.0720. The summed E-state index contributed by atoms with van der Waals surface area (Å²) in [6.07, 6.45) is -6.50. The predicted molar refractivity (Wildman–Crippen MR) is 104 cm³/mol. The van der Waals surface area contributed by atoms with Crippen molar-refractivity contribution in [3.63, 3.8) is 0 Å². The molecular weight excluding hydrogens is 534 g/mol. The third-order valence-electron chi connectivity index (χ3n) is 4.03. The second-order valence-electron chi connectivity index (χ2n) is 6.29. The first-order valence-electron chi connectivity index (χ1n) is 8.39. The number of azide groups is 1. The molecule has 1 aliphatic heterocycles. The van der Waals surface area contributed by atoms with E-state index in [1.165, 1.54) is 0 Å². The lowest BCUT2D eigenvalue weighted by Gasteiger charge is -2.21. The van der Waals surface area contributed by atoms with Gasteiger partial charge in [-0.15, -0.1) is 3.97 Å². The molecule has 2 aromatic rings. The number of rotatable bonds is 9. The van der Waals surface area contributed by atoms with Gasteiger partial charge in [-0.1, -0.05) is 0 Å². The molecule has 0 amide bonds.